The van der Waals surface area contributed by atoms with E-state index in [9.17, 15) is 4.79 Å². The van der Waals surface area contributed by atoms with Crippen LogP contribution in [0, 0.1) is 0 Å². The maximum absolute atomic E-state index is 12.9. The molecule has 1 aromatic carbocycles. The van der Waals surface area contributed by atoms with Crippen molar-refractivity contribution in [2.24, 2.45) is 0 Å². The zero-order chi connectivity index (χ0) is 20.1. The Balaban J connectivity index is 0.00000109. The summed E-state index contributed by atoms with van der Waals surface area (Å²) < 4.78 is 0. The van der Waals surface area contributed by atoms with Gasteiger partial charge in [0, 0.05) is 24.5 Å². The minimum atomic E-state index is -0.164. The van der Waals surface area contributed by atoms with Crippen LogP contribution in [0.2, 0.25) is 10.0 Å². The van der Waals surface area contributed by atoms with E-state index < -0.39 is 0 Å². The lowest BCUT2D eigenvalue weighted by Crippen LogP contribution is -2.37. The molecule has 28 heavy (non-hydrogen) atoms. The lowest BCUT2D eigenvalue weighted by atomic mass is 10.0. The molecule has 0 fully saturated rings. The molecular formula is C20H19Cl2N5O. The van der Waals surface area contributed by atoms with Crippen LogP contribution in [0.3, 0.4) is 0 Å². The highest BCUT2D eigenvalue weighted by Gasteiger charge is 2.27. The van der Waals surface area contributed by atoms with E-state index in [-0.39, 0.29) is 10.9 Å². The van der Waals surface area contributed by atoms with Crippen molar-refractivity contribution in [1.82, 2.24) is 24.8 Å². The summed E-state index contributed by atoms with van der Waals surface area (Å²) in [6, 6.07) is 5.05. The Morgan fingerprint density at radius 2 is 1.93 bits per heavy atom. The Morgan fingerprint density at radius 1 is 1.11 bits per heavy atom. The molecule has 3 aromatic rings. The van der Waals surface area contributed by atoms with Crippen LogP contribution in [0.25, 0.3) is 11.4 Å². The van der Waals surface area contributed by atoms with Gasteiger partial charge in [0.2, 0.25) is 0 Å². The number of aromatic nitrogens is 4. The van der Waals surface area contributed by atoms with Crippen LogP contribution in [-0.2, 0) is 13.0 Å². The predicted molar refractivity (Wildman–Crippen MR) is 109 cm³/mol. The minimum Gasteiger partial charge on any atom is -0.332 e. The molecule has 0 radical (unpaired) electrons. The molecule has 3 heterocycles. The summed E-state index contributed by atoms with van der Waals surface area (Å²) in [5.41, 5.74) is 3.65. The average molecular weight is 416 g/mol. The molecule has 0 saturated heterocycles. The van der Waals surface area contributed by atoms with E-state index in [4.69, 9.17) is 23.2 Å². The number of nitrogens with zero attached hydrogens (tertiary/aromatic N) is 5. The molecule has 0 bridgehead atoms. The summed E-state index contributed by atoms with van der Waals surface area (Å²) in [4.78, 5) is 31.7. The van der Waals surface area contributed by atoms with Crippen molar-refractivity contribution in [2.75, 3.05) is 6.54 Å². The van der Waals surface area contributed by atoms with E-state index in [0.29, 0.717) is 35.8 Å². The first-order chi connectivity index (χ1) is 13.6. The van der Waals surface area contributed by atoms with Crippen molar-refractivity contribution < 1.29 is 4.79 Å². The van der Waals surface area contributed by atoms with E-state index in [1.165, 1.54) is 6.33 Å². The van der Waals surface area contributed by atoms with E-state index >= 15 is 0 Å². The number of rotatable bonds is 2. The minimum absolute atomic E-state index is 0.164. The zero-order valence-corrected chi connectivity index (χ0v) is 17.1. The van der Waals surface area contributed by atoms with Crippen LogP contribution in [0.5, 0.6) is 0 Å². The van der Waals surface area contributed by atoms with Gasteiger partial charge in [-0.1, -0.05) is 43.1 Å². The number of carbonyl (C=O) groups excluding carboxylic acids is 1. The van der Waals surface area contributed by atoms with Crippen LogP contribution in [0.4, 0.5) is 0 Å². The van der Waals surface area contributed by atoms with Gasteiger partial charge < -0.3 is 4.90 Å². The van der Waals surface area contributed by atoms with Gasteiger partial charge in [-0.3, -0.25) is 14.8 Å². The molecule has 4 rings (SSSR count). The van der Waals surface area contributed by atoms with Gasteiger partial charge >= 0.3 is 0 Å². The SMILES string of the molecule is CC.O=C(c1cccc(Cl)c1Cl)N1CCc2c(ncnc2-c2cnccn2)C1. The summed E-state index contributed by atoms with van der Waals surface area (Å²) in [5, 5.41) is 0.634. The topological polar surface area (TPSA) is 71.9 Å². The Kier molecular flexibility index (Phi) is 6.54. The number of amides is 1. The number of carbonyl (C=O) groups is 1. The van der Waals surface area contributed by atoms with Crippen LogP contribution >= 0.6 is 23.2 Å². The van der Waals surface area contributed by atoms with E-state index in [2.05, 4.69) is 19.9 Å². The molecule has 0 spiro atoms. The summed E-state index contributed by atoms with van der Waals surface area (Å²) >= 11 is 12.2. The summed E-state index contributed by atoms with van der Waals surface area (Å²) in [6.45, 7) is 4.92. The summed E-state index contributed by atoms with van der Waals surface area (Å²) in [6.07, 6.45) is 7.04. The maximum atomic E-state index is 12.9. The second-order valence-corrected chi connectivity index (χ2v) is 6.60. The van der Waals surface area contributed by atoms with Crippen LogP contribution in [0.1, 0.15) is 35.5 Å². The largest absolute Gasteiger partial charge is 0.332 e. The Bertz CT molecular complexity index is 982. The first-order valence-electron chi connectivity index (χ1n) is 8.97. The molecule has 0 saturated carbocycles. The maximum Gasteiger partial charge on any atom is 0.255 e. The second kappa shape index (κ2) is 9.08. The third kappa shape index (κ3) is 3.98. The highest BCUT2D eigenvalue weighted by atomic mass is 35.5. The van der Waals surface area contributed by atoms with Gasteiger partial charge in [-0.2, -0.15) is 0 Å². The number of halogens is 2. The predicted octanol–water partition coefficient (Wildman–Crippen LogP) is 4.47. The lowest BCUT2D eigenvalue weighted by Gasteiger charge is -2.29. The molecule has 1 amide bonds. The van der Waals surface area contributed by atoms with Crippen molar-refractivity contribution >= 4 is 29.1 Å². The number of hydrogen-bond donors (Lipinski definition) is 0. The molecule has 8 heteroatoms. The molecule has 6 nitrogen and oxygen atoms in total. The monoisotopic (exact) mass is 415 g/mol. The first kappa shape index (κ1) is 20.2. The van der Waals surface area contributed by atoms with Crippen molar-refractivity contribution in [2.45, 2.75) is 26.8 Å². The summed E-state index contributed by atoms with van der Waals surface area (Å²) in [7, 11) is 0. The molecule has 0 unspecified atom stereocenters. The van der Waals surface area contributed by atoms with Gasteiger partial charge in [0.15, 0.2) is 0 Å². The van der Waals surface area contributed by atoms with E-state index in [1.807, 2.05) is 13.8 Å². The van der Waals surface area contributed by atoms with Gasteiger partial charge in [-0.15, -0.1) is 0 Å². The fraction of sp³-hybridized carbons (Fsp3) is 0.250. The fourth-order valence-corrected chi connectivity index (χ4v) is 3.39. The Hall–Kier alpha value is -2.57. The van der Waals surface area contributed by atoms with Gasteiger partial charge in [0.05, 0.1) is 39.7 Å². The van der Waals surface area contributed by atoms with Crippen molar-refractivity contribution in [1.29, 1.82) is 0 Å². The Labute approximate surface area is 173 Å². The van der Waals surface area contributed by atoms with Crippen molar-refractivity contribution in [3.63, 3.8) is 0 Å². The second-order valence-electron chi connectivity index (χ2n) is 5.82. The average Bonchev–Trinajstić information content (AvgIpc) is 2.76. The molecular weight excluding hydrogens is 397 g/mol. The van der Waals surface area contributed by atoms with Gasteiger partial charge in [-0.25, -0.2) is 9.97 Å². The molecule has 1 aliphatic heterocycles. The van der Waals surface area contributed by atoms with Gasteiger partial charge in [0.1, 0.15) is 12.0 Å². The zero-order valence-electron chi connectivity index (χ0n) is 15.6. The molecule has 0 N–H and O–H groups in total. The normalized spacial score (nSPS) is 12.6. The van der Waals surface area contributed by atoms with Crippen LogP contribution < -0.4 is 0 Å². The molecule has 1 aliphatic rings. The quantitative estimate of drug-likeness (QED) is 0.617. The third-order valence-corrected chi connectivity index (χ3v) is 5.10. The third-order valence-electron chi connectivity index (χ3n) is 4.28. The Morgan fingerprint density at radius 3 is 2.68 bits per heavy atom. The molecule has 0 atom stereocenters. The van der Waals surface area contributed by atoms with Gasteiger partial charge in [-0.05, 0) is 18.6 Å². The van der Waals surface area contributed by atoms with Crippen molar-refractivity contribution in [3.05, 3.63) is 70.0 Å². The van der Waals surface area contributed by atoms with Gasteiger partial charge in [0.25, 0.3) is 5.91 Å². The lowest BCUT2D eigenvalue weighted by molar-refractivity contribution is 0.0732. The number of fused-ring (bicyclic) bond motifs is 1. The highest BCUT2D eigenvalue weighted by molar-refractivity contribution is 6.43. The highest BCUT2D eigenvalue weighted by Crippen LogP contribution is 2.29. The smallest absolute Gasteiger partial charge is 0.255 e. The number of hydrogen-bond acceptors (Lipinski definition) is 5. The van der Waals surface area contributed by atoms with Crippen LogP contribution in [0.15, 0.2) is 43.1 Å². The molecule has 2 aromatic heterocycles. The summed E-state index contributed by atoms with van der Waals surface area (Å²) in [5.74, 6) is -0.164. The van der Waals surface area contributed by atoms with E-state index in [1.54, 1.807) is 41.7 Å². The first-order valence-corrected chi connectivity index (χ1v) is 9.73. The van der Waals surface area contributed by atoms with Crippen molar-refractivity contribution in [3.8, 4) is 11.4 Å². The van der Waals surface area contributed by atoms with E-state index in [0.717, 1.165) is 17.0 Å². The number of benzene rings is 1. The standard InChI is InChI=1S/C18H13Cl2N5O.C2H6/c19-13-3-1-2-12(16(13)20)18(26)25-7-4-11-15(9-25)23-10-24-17(11)14-8-21-5-6-22-14;1-2/h1-3,5-6,8,10H,4,7,9H2;1-2H3. The fourth-order valence-electron chi connectivity index (χ4n) is 3.01. The molecule has 0 aliphatic carbocycles. The molecule has 144 valence electrons. The van der Waals surface area contributed by atoms with Crippen LogP contribution in [-0.4, -0.2) is 37.3 Å².